The second-order valence-electron chi connectivity index (χ2n) is 5.54. The number of benzene rings is 1. The molecule has 0 saturated carbocycles. The van der Waals surface area contributed by atoms with Crippen LogP contribution < -0.4 is 15.0 Å². The first kappa shape index (κ1) is 15.3. The summed E-state index contributed by atoms with van der Waals surface area (Å²) >= 11 is 0. The van der Waals surface area contributed by atoms with Gasteiger partial charge < -0.3 is 15.0 Å². The van der Waals surface area contributed by atoms with Gasteiger partial charge in [0.15, 0.2) is 0 Å². The second-order valence-corrected chi connectivity index (χ2v) is 5.54. The molecule has 1 fully saturated rings. The number of halogens is 1. The number of rotatable bonds is 5. The van der Waals surface area contributed by atoms with Crippen molar-refractivity contribution in [3.05, 3.63) is 54.1 Å². The quantitative estimate of drug-likeness (QED) is 0.859. The van der Waals surface area contributed by atoms with Gasteiger partial charge in [0.25, 0.3) is 0 Å². The number of hydrogen-bond donors (Lipinski definition) is 1. The zero-order valence-electron chi connectivity index (χ0n) is 12.8. The van der Waals surface area contributed by atoms with E-state index in [2.05, 4.69) is 15.2 Å². The van der Waals surface area contributed by atoms with Crippen molar-refractivity contribution in [3.63, 3.8) is 0 Å². The Labute approximate surface area is 134 Å². The SMILES string of the molecule is CC(=O)NCc1ccc(N2CC(Oc3ccnc(F)c3)C2)cc1. The normalized spacial score (nSPS) is 14.3. The summed E-state index contributed by atoms with van der Waals surface area (Å²) < 4.78 is 18.7. The number of pyridine rings is 1. The number of aromatic nitrogens is 1. The van der Waals surface area contributed by atoms with E-state index in [0.29, 0.717) is 12.3 Å². The van der Waals surface area contributed by atoms with E-state index in [1.54, 1.807) is 6.07 Å². The Kier molecular flexibility index (Phi) is 4.41. The van der Waals surface area contributed by atoms with Crippen LogP contribution in [0.4, 0.5) is 10.1 Å². The van der Waals surface area contributed by atoms with E-state index in [0.717, 1.165) is 24.3 Å². The molecular formula is C17H18FN3O2. The molecule has 0 radical (unpaired) electrons. The number of carbonyl (C=O) groups excluding carboxylic acids is 1. The van der Waals surface area contributed by atoms with E-state index in [4.69, 9.17) is 4.74 Å². The molecule has 1 amide bonds. The summed E-state index contributed by atoms with van der Waals surface area (Å²) in [6.07, 6.45) is 1.45. The lowest BCUT2D eigenvalue weighted by molar-refractivity contribution is -0.119. The lowest BCUT2D eigenvalue weighted by atomic mass is 10.1. The Balaban J connectivity index is 1.50. The molecule has 0 bridgehead atoms. The Morgan fingerprint density at radius 1 is 1.35 bits per heavy atom. The van der Waals surface area contributed by atoms with Crippen molar-refractivity contribution in [1.29, 1.82) is 0 Å². The number of nitrogens with zero attached hydrogens (tertiary/aromatic N) is 2. The molecule has 1 aliphatic heterocycles. The van der Waals surface area contributed by atoms with Gasteiger partial charge in [0.2, 0.25) is 11.9 Å². The molecule has 6 heteroatoms. The maximum absolute atomic E-state index is 13.0. The fourth-order valence-corrected chi connectivity index (χ4v) is 2.43. The van der Waals surface area contributed by atoms with Crippen LogP contribution in [0.25, 0.3) is 0 Å². The van der Waals surface area contributed by atoms with E-state index >= 15 is 0 Å². The third kappa shape index (κ3) is 3.97. The minimum atomic E-state index is -0.534. The van der Waals surface area contributed by atoms with E-state index < -0.39 is 5.95 Å². The molecule has 0 spiro atoms. The van der Waals surface area contributed by atoms with Gasteiger partial charge in [0.1, 0.15) is 11.9 Å². The van der Waals surface area contributed by atoms with Crippen LogP contribution in [0.5, 0.6) is 5.75 Å². The summed E-state index contributed by atoms with van der Waals surface area (Å²) in [7, 11) is 0. The smallest absolute Gasteiger partial charge is 0.217 e. The van der Waals surface area contributed by atoms with Crippen molar-refractivity contribution in [2.24, 2.45) is 0 Å². The molecule has 5 nitrogen and oxygen atoms in total. The first-order valence-electron chi connectivity index (χ1n) is 7.47. The third-order valence-electron chi connectivity index (χ3n) is 3.69. The van der Waals surface area contributed by atoms with Crippen molar-refractivity contribution < 1.29 is 13.9 Å². The van der Waals surface area contributed by atoms with Gasteiger partial charge >= 0.3 is 0 Å². The second kappa shape index (κ2) is 6.64. The topological polar surface area (TPSA) is 54.5 Å². The van der Waals surface area contributed by atoms with Crippen LogP contribution in [-0.2, 0) is 11.3 Å². The maximum Gasteiger partial charge on any atom is 0.217 e. The third-order valence-corrected chi connectivity index (χ3v) is 3.69. The van der Waals surface area contributed by atoms with Crippen LogP contribution in [0, 0.1) is 5.95 Å². The van der Waals surface area contributed by atoms with Gasteiger partial charge in [0.05, 0.1) is 13.1 Å². The molecule has 1 saturated heterocycles. The number of hydrogen-bond acceptors (Lipinski definition) is 4. The molecule has 1 aromatic heterocycles. The summed E-state index contributed by atoms with van der Waals surface area (Å²) in [5, 5.41) is 2.77. The van der Waals surface area contributed by atoms with Crippen molar-refractivity contribution in [2.45, 2.75) is 19.6 Å². The number of amides is 1. The fourth-order valence-electron chi connectivity index (χ4n) is 2.43. The largest absolute Gasteiger partial charge is 0.487 e. The Morgan fingerprint density at radius 3 is 2.74 bits per heavy atom. The molecule has 2 heterocycles. The van der Waals surface area contributed by atoms with Crippen LogP contribution in [0.3, 0.4) is 0 Å². The van der Waals surface area contributed by atoms with E-state index in [9.17, 15) is 9.18 Å². The summed E-state index contributed by atoms with van der Waals surface area (Å²) in [6, 6.07) is 11.0. The van der Waals surface area contributed by atoms with Crippen molar-refractivity contribution >= 4 is 11.6 Å². The average molecular weight is 315 g/mol. The molecule has 1 aromatic carbocycles. The average Bonchev–Trinajstić information content (AvgIpc) is 2.49. The molecule has 23 heavy (non-hydrogen) atoms. The lowest BCUT2D eigenvalue weighted by Gasteiger charge is -2.40. The number of nitrogens with one attached hydrogen (secondary N) is 1. The monoisotopic (exact) mass is 315 g/mol. The molecule has 2 aromatic rings. The predicted molar refractivity (Wildman–Crippen MR) is 84.8 cm³/mol. The van der Waals surface area contributed by atoms with Crippen LogP contribution >= 0.6 is 0 Å². The summed E-state index contributed by atoms with van der Waals surface area (Å²) in [5.74, 6) is -0.0643. The highest BCUT2D eigenvalue weighted by Gasteiger charge is 2.28. The van der Waals surface area contributed by atoms with Gasteiger partial charge in [-0.25, -0.2) is 4.98 Å². The van der Waals surface area contributed by atoms with E-state index in [-0.39, 0.29) is 12.0 Å². The van der Waals surface area contributed by atoms with Crippen molar-refractivity contribution in [1.82, 2.24) is 10.3 Å². The zero-order valence-corrected chi connectivity index (χ0v) is 12.8. The highest BCUT2D eigenvalue weighted by molar-refractivity contribution is 5.72. The van der Waals surface area contributed by atoms with Crippen molar-refractivity contribution in [3.8, 4) is 5.75 Å². The minimum absolute atomic E-state index is 0.0376. The first-order chi connectivity index (χ1) is 11.1. The molecule has 0 unspecified atom stereocenters. The molecular weight excluding hydrogens is 297 g/mol. The highest BCUT2D eigenvalue weighted by Crippen LogP contribution is 2.24. The van der Waals surface area contributed by atoms with Crippen LogP contribution in [0.1, 0.15) is 12.5 Å². The Bertz CT molecular complexity index is 684. The van der Waals surface area contributed by atoms with Crippen LogP contribution in [-0.4, -0.2) is 30.1 Å². The van der Waals surface area contributed by atoms with Gasteiger partial charge in [-0.2, -0.15) is 4.39 Å². The number of anilines is 1. The lowest BCUT2D eigenvalue weighted by Crippen LogP contribution is -2.54. The van der Waals surface area contributed by atoms with Crippen LogP contribution in [0.15, 0.2) is 42.6 Å². The van der Waals surface area contributed by atoms with Gasteiger partial charge in [-0.3, -0.25) is 4.79 Å². The van der Waals surface area contributed by atoms with Gasteiger partial charge in [-0.05, 0) is 23.8 Å². The van der Waals surface area contributed by atoms with Crippen LogP contribution in [0.2, 0.25) is 0 Å². The van der Waals surface area contributed by atoms with Crippen molar-refractivity contribution in [2.75, 3.05) is 18.0 Å². The number of ether oxygens (including phenoxy) is 1. The first-order valence-corrected chi connectivity index (χ1v) is 7.47. The minimum Gasteiger partial charge on any atom is -0.487 e. The molecule has 120 valence electrons. The van der Waals surface area contributed by atoms with Gasteiger partial charge in [0, 0.05) is 31.4 Å². The van der Waals surface area contributed by atoms with E-state index in [1.807, 2.05) is 24.3 Å². The number of carbonyl (C=O) groups is 1. The maximum atomic E-state index is 13.0. The molecule has 0 aliphatic carbocycles. The summed E-state index contributed by atoms with van der Waals surface area (Å²) in [4.78, 5) is 16.6. The summed E-state index contributed by atoms with van der Waals surface area (Å²) in [5.41, 5.74) is 2.17. The molecule has 1 N–H and O–H groups in total. The molecule has 1 aliphatic rings. The standard InChI is InChI=1S/C17H18FN3O2/c1-12(22)20-9-13-2-4-14(5-3-13)21-10-16(11-21)23-15-6-7-19-17(18)8-15/h2-8,16H,9-11H2,1H3,(H,20,22). The molecule has 0 atom stereocenters. The Morgan fingerprint density at radius 2 is 2.09 bits per heavy atom. The highest BCUT2D eigenvalue weighted by atomic mass is 19.1. The molecule has 3 rings (SSSR count). The predicted octanol–water partition coefficient (Wildman–Crippen LogP) is 2.12. The summed E-state index contributed by atoms with van der Waals surface area (Å²) in [6.45, 7) is 3.56. The zero-order chi connectivity index (χ0) is 16.2. The fraction of sp³-hybridized carbons (Fsp3) is 0.294. The van der Waals surface area contributed by atoms with Gasteiger partial charge in [-0.15, -0.1) is 0 Å². The van der Waals surface area contributed by atoms with E-state index in [1.165, 1.54) is 19.2 Å². The van der Waals surface area contributed by atoms with Gasteiger partial charge in [-0.1, -0.05) is 12.1 Å². The Hall–Kier alpha value is -2.63.